The summed E-state index contributed by atoms with van der Waals surface area (Å²) in [4.78, 5) is 16.7. The number of carboxylic acids is 1. The van der Waals surface area contributed by atoms with Crippen molar-refractivity contribution in [1.82, 2.24) is 10.3 Å². The summed E-state index contributed by atoms with van der Waals surface area (Å²) in [6, 6.07) is 14.0. The van der Waals surface area contributed by atoms with Gasteiger partial charge in [0.1, 0.15) is 34.7 Å². The molecule has 1 atom stereocenters. The molecule has 0 aliphatic rings. The molecule has 2 heterocycles. The Balaban J connectivity index is 1.58. The van der Waals surface area contributed by atoms with Crippen LogP contribution in [-0.4, -0.2) is 52.6 Å². The van der Waals surface area contributed by atoms with E-state index in [2.05, 4.69) is 10.3 Å². The number of phenolic OH excluding ortho intramolecular Hbond substituents is 1. The maximum atomic E-state index is 13.2. The van der Waals surface area contributed by atoms with E-state index in [1.165, 1.54) is 12.1 Å². The number of ether oxygens (including phenoxy) is 2. The number of fused-ring (bicyclic) bond motifs is 3. The highest BCUT2D eigenvalue weighted by atomic mass is 19.1. The molecule has 0 saturated heterocycles. The molecule has 0 spiro atoms. The van der Waals surface area contributed by atoms with Crippen molar-refractivity contribution < 1.29 is 38.4 Å². The van der Waals surface area contributed by atoms with Crippen LogP contribution in [0, 0.1) is 11.2 Å². The molecule has 5 aromatic rings. The number of benzene rings is 3. The van der Waals surface area contributed by atoms with Crippen molar-refractivity contribution in [1.29, 1.82) is 0 Å². The number of hydrogen-bond acceptors (Lipinski definition) is 8. The lowest BCUT2D eigenvalue weighted by Crippen LogP contribution is -2.26. The van der Waals surface area contributed by atoms with Gasteiger partial charge in [0.25, 0.3) is 0 Å². The minimum absolute atomic E-state index is 0.105. The first-order valence-electron chi connectivity index (χ1n) is 14.3. The van der Waals surface area contributed by atoms with Crippen LogP contribution >= 0.6 is 0 Å². The number of aliphatic hydroxyl groups is 1. The quantitative estimate of drug-likeness (QED) is 0.131. The van der Waals surface area contributed by atoms with Gasteiger partial charge in [-0.25, -0.2) is 14.2 Å². The molecular formula is C34H35FN2O7. The first kappa shape index (κ1) is 30.8. The second kappa shape index (κ2) is 12.9. The van der Waals surface area contributed by atoms with Crippen LogP contribution in [0.5, 0.6) is 17.4 Å². The number of rotatable bonds is 12. The number of carboxylic acid groups (broad SMARTS) is 1. The molecule has 9 nitrogen and oxygen atoms in total. The Hall–Kier alpha value is -4.67. The Morgan fingerprint density at radius 1 is 1.07 bits per heavy atom. The number of furan rings is 1. The molecular weight excluding hydrogens is 567 g/mol. The van der Waals surface area contributed by atoms with Crippen molar-refractivity contribution in [3.63, 3.8) is 0 Å². The van der Waals surface area contributed by atoms with Crippen LogP contribution in [0.25, 0.3) is 21.7 Å². The molecule has 3 aromatic carbocycles. The van der Waals surface area contributed by atoms with Crippen LogP contribution in [0.3, 0.4) is 0 Å². The van der Waals surface area contributed by atoms with Gasteiger partial charge in [-0.1, -0.05) is 32.9 Å². The van der Waals surface area contributed by atoms with Gasteiger partial charge < -0.3 is 34.5 Å². The highest BCUT2D eigenvalue weighted by molar-refractivity contribution is 6.16. The molecule has 0 radical (unpaired) electrons. The fourth-order valence-corrected chi connectivity index (χ4v) is 5.04. The highest BCUT2D eigenvalue weighted by Crippen LogP contribution is 2.45. The van der Waals surface area contributed by atoms with Crippen molar-refractivity contribution in [3.8, 4) is 17.4 Å². The van der Waals surface area contributed by atoms with Crippen LogP contribution in [0.4, 0.5) is 4.39 Å². The van der Waals surface area contributed by atoms with E-state index in [1.54, 1.807) is 48.7 Å². The number of pyridine rings is 1. The van der Waals surface area contributed by atoms with Crippen LogP contribution in [-0.2, 0) is 6.42 Å². The fraction of sp³-hybridized carbons (Fsp3) is 0.294. The molecule has 0 aliphatic heterocycles. The van der Waals surface area contributed by atoms with E-state index in [0.717, 1.165) is 11.8 Å². The van der Waals surface area contributed by atoms with Gasteiger partial charge in [-0.15, -0.1) is 0 Å². The number of nitrogens with one attached hydrogen (secondary N) is 1. The zero-order chi connectivity index (χ0) is 31.4. The molecule has 2 aromatic heterocycles. The summed E-state index contributed by atoms with van der Waals surface area (Å²) in [7, 11) is 0. The Labute approximate surface area is 253 Å². The van der Waals surface area contributed by atoms with Crippen molar-refractivity contribution >= 4 is 27.7 Å². The summed E-state index contributed by atoms with van der Waals surface area (Å²) in [6.45, 7) is 6.83. The average Bonchev–Trinajstić information content (AvgIpc) is 3.44. The number of aromatic carboxylic acids is 1. The first-order chi connectivity index (χ1) is 21.1. The Morgan fingerprint density at radius 3 is 2.55 bits per heavy atom. The number of halogens is 1. The number of aromatic nitrogens is 1. The molecule has 0 aliphatic carbocycles. The van der Waals surface area contributed by atoms with E-state index in [4.69, 9.17) is 13.9 Å². The highest BCUT2D eigenvalue weighted by Gasteiger charge is 2.29. The third kappa shape index (κ3) is 6.77. The molecule has 1 unspecified atom stereocenters. The van der Waals surface area contributed by atoms with Gasteiger partial charge in [0.2, 0.25) is 5.88 Å². The minimum atomic E-state index is -1.22. The molecule has 5 rings (SSSR count). The lowest BCUT2D eigenvalue weighted by molar-refractivity contribution is 0.0698. The summed E-state index contributed by atoms with van der Waals surface area (Å²) in [6.07, 6.45) is 3.29. The Morgan fingerprint density at radius 2 is 1.84 bits per heavy atom. The zero-order valence-corrected chi connectivity index (χ0v) is 24.8. The average molecular weight is 603 g/mol. The summed E-state index contributed by atoms with van der Waals surface area (Å²) >= 11 is 0. The predicted molar refractivity (Wildman–Crippen MR) is 164 cm³/mol. The third-order valence-corrected chi connectivity index (χ3v) is 7.10. The second-order valence-corrected chi connectivity index (χ2v) is 11.7. The zero-order valence-electron chi connectivity index (χ0n) is 24.8. The molecule has 10 heteroatoms. The lowest BCUT2D eigenvalue weighted by Gasteiger charge is -2.24. The van der Waals surface area contributed by atoms with E-state index in [-0.39, 0.29) is 52.2 Å². The van der Waals surface area contributed by atoms with Gasteiger partial charge in [-0.2, -0.15) is 0 Å². The number of aliphatic hydroxyl groups excluding tert-OH is 1. The smallest absolute Gasteiger partial charge is 0.339 e. The summed E-state index contributed by atoms with van der Waals surface area (Å²) in [5, 5.41) is 35.9. The van der Waals surface area contributed by atoms with Gasteiger partial charge in [-0.05, 0) is 52.9 Å². The fourth-order valence-electron chi connectivity index (χ4n) is 5.04. The normalized spacial score (nSPS) is 12.5. The monoisotopic (exact) mass is 602 g/mol. The van der Waals surface area contributed by atoms with Crippen LogP contribution in [0.15, 0.2) is 71.5 Å². The summed E-state index contributed by atoms with van der Waals surface area (Å²) in [5.74, 6) is -0.804. The van der Waals surface area contributed by atoms with Crippen molar-refractivity contribution in [2.45, 2.75) is 33.2 Å². The first-order valence-corrected chi connectivity index (χ1v) is 14.3. The van der Waals surface area contributed by atoms with E-state index in [9.17, 15) is 24.5 Å². The van der Waals surface area contributed by atoms with Crippen molar-refractivity contribution in [2.24, 2.45) is 5.41 Å². The maximum absolute atomic E-state index is 13.2. The molecule has 0 amide bonds. The van der Waals surface area contributed by atoms with Gasteiger partial charge in [0.15, 0.2) is 0 Å². The standard InChI is InChI=1S/C34H35FN2O7/c1-34(2,3)19-44-27-16-21(10-12-36-27)30(37-13-14-38)29-28-26(33(40)41)18-43-32(28)25-17-23(8-9-24(25)31(29)39)42-15-11-20-4-6-22(35)7-5-20/h4-10,12,16-18,30,37-39H,11,13-15,19H2,1-3H3,(H,40,41). The van der Waals surface area contributed by atoms with E-state index >= 15 is 0 Å². The number of aromatic hydroxyl groups is 1. The predicted octanol–water partition coefficient (Wildman–Crippen LogP) is 6.24. The largest absolute Gasteiger partial charge is 0.507 e. The molecule has 44 heavy (non-hydrogen) atoms. The van der Waals surface area contributed by atoms with Gasteiger partial charge in [0, 0.05) is 47.0 Å². The maximum Gasteiger partial charge on any atom is 0.339 e. The molecule has 0 bridgehead atoms. The SMILES string of the molecule is CC(C)(C)COc1cc(C(NCCO)c2c(O)c3ccc(OCCc4ccc(F)cc4)cc3c3occ(C(=O)O)c23)ccn1. The van der Waals surface area contributed by atoms with Gasteiger partial charge in [0.05, 0.1) is 25.9 Å². The molecule has 0 fully saturated rings. The van der Waals surface area contributed by atoms with Crippen molar-refractivity contribution in [2.75, 3.05) is 26.4 Å². The topological polar surface area (TPSA) is 134 Å². The second-order valence-electron chi connectivity index (χ2n) is 11.7. The number of carbonyl (C=O) groups is 1. The lowest BCUT2D eigenvalue weighted by atomic mass is 9.90. The van der Waals surface area contributed by atoms with Crippen LogP contribution in [0.2, 0.25) is 0 Å². The van der Waals surface area contributed by atoms with Crippen molar-refractivity contribution in [3.05, 3.63) is 95.1 Å². The number of hydrogen-bond donors (Lipinski definition) is 4. The Kier molecular flexibility index (Phi) is 9.03. The van der Waals surface area contributed by atoms with E-state index < -0.39 is 12.0 Å². The van der Waals surface area contributed by atoms with Crippen LogP contribution in [0.1, 0.15) is 53.9 Å². The molecule has 0 saturated carbocycles. The number of phenols is 1. The van der Waals surface area contributed by atoms with Gasteiger partial charge >= 0.3 is 5.97 Å². The van der Waals surface area contributed by atoms with E-state index in [1.807, 2.05) is 20.8 Å². The Bertz CT molecular complexity index is 1780. The summed E-state index contributed by atoms with van der Waals surface area (Å²) < 4.78 is 31.0. The van der Waals surface area contributed by atoms with Gasteiger partial charge in [-0.3, -0.25) is 0 Å². The third-order valence-electron chi connectivity index (χ3n) is 7.10. The molecule has 4 N–H and O–H groups in total. The molecule has 230 valence electrons. The van der Waals surface area contributed by atoms with Crippen LogP contribution < -0.4 is 14.8 Å². The van der Waals surface area contributed by atoms with E-state index in [0.29, 0.717) is 47.6 Å². The summed E-state index contributed by atoms with van der Waals surface area (Å²) in [5.41, 5.74) is 1.88. The number of nitrogens with zero attached hydrogens (tertiary/aromatic N) is 1. The minimum Gasteiger partial charge on any atom is -0.507 e.